The third-order valence-electron chi connectivity index (χ3n) is 3.70. The van der Waals surface area contributed by atoms with Gasteiger partial charge in [-0.15, -0.1) is 0 Å². The van der Waals surface area contributed by atoms with Gasteiger partial charge >= 0.3 is 0 Å². The highest BCUT2D eigenvalue weighted by Crippen LogP contribution is 2.15. The molecule has 1 fully saturated rings. The van der Waals surface area contributed by atoms with Gasteiger partial charge in [0.05, 0.1) is 5.69 Å². The van der Waals surface area contributed by atoms with Crippen molar-refractivity contribution in [3.05, 3.63) is 17.5 Å². The molecule has 1 aliphatic rings. The van der Waals surface area contributed by atoms with Gasteiger partial charge in [-0.25, -0.2) is 0 Å². The molecule has 1 aliphatic heterocycles. The molecule has 2 heterocycles. The maximum absolute atomic E-state index is 12.5. The van der Waals surface area contributed by atoms with Crippen molar-refractivity contribution in [3.63, 3.8) is 0 Å². The molecule has 1 aromatic heterocycles. The Bertz CT molecular complexity index is 433. The zero-order chi connectivity index (χ0) is 13.8. The second-order valence-electron chi connectivity index (χ2n) is 5.11. The number of rotatable bonds is 4. The van der Waals surface area contributed by atoms with Gasteiger partial charge in [-0.2, -0.15) is 5.10 Å². The number of aryl methyl sites for hydroxylation is 2. The van der Waals surface area contributed by atoms with Crippen molar-refractivity contribution >= 4 is 5.91 Å². The van der Waals surface area contributed by atoms with E-state index in [4.69, 9.17) is 0 Å². The zero-order valence-electron chi connectivity index (χ0n) is 12.1. The molecule has 1 amide bonds. The first kappa shape index (κ1) is 14.1. The first-order valence-corrected chi connectivity index (χ1v) is 7.22. The summed E-state index contributed by atoms with van der Waals surface area (Å²) in [6.07, 6.45) is 2.08. The Balaban J connectivity index is 2.01. The topological polar surface area (TPSA) is 50.2 Å². The van der Waals surface area contributed by atoms with Crippen molar-refractivity contribution in [3.8, 4) is 0 Å². The molecular formula is C14H24N4O. The number of likely N-dealkylation sites (tertiary alicyclic amines) is 1. The van der Waals surface area contributed by atoms with Gasteiger partial charge in [0.15, 0.2) is 0 Å². The fourth-order valence-corrected chi connectivity index (χ4v) is 2.70. The van der Waals surface area contributed by atoms with Crippen LogP contribution < -0.4 is 5.32 Å². The van der Waals surface area contributed by atoms with Crippen molar-refractivity contribution in [2.75, 3.05) is 19.6 Å². The lowest BCUT2D eigenvalue weighted by molar-refractivity contribution is 0.0693. The van der Waals surface area contributed by atoms with Gasteiger partial charge in [-0.05, 0) is 39.3 Å². The third kappa shape index (κ3) is 3.15. The highest BCUT2D eigenvalue weighted by molar-refractivity contribution is 5.92. The lowest BCUT2D eigenvalue weighted by atomic mass is 10.0. The van der Waals surface area contributed by atoms with Crippen molar-refractivity contribution < 1.29 is 4.79 Å². The van der Waals surface area contributed by atoms with Gasteiger partial charge in [0, 0.05) is 25.7 Å². The van der Waals surface area contributed by atoms with Gasteiger partial charge in [0.25, 0.3) is 5.91 Å². The SMILES string of the molecule is CCNC1CCN(C(=O)c2cc(C)nn2CC)CC1. The van der Waals surface area contributed by atoms with Gasteiger partial charge < -0.3 is 10.2 Å². The van der Waals surface area contributed by atoms with Crippen LogP contribution in [0.15, 0.2) is 6.07 Å². The van der Waals surface area contributed by atoms with Crippen LogP contribution in [0.25, 0.3) is 0 Å². The zero-order valence-corrected chi connectivity index (χ0v) is 12.1. The predicted molar refractivity (Wildman–Crippen MR) is 75.2 cm³/mol. The highest BCUT2D eigenvalue weighted by atomic mass is 16.2. The molecule has 5 nitrogen and oxygen atoms in total. The van der Waals surface area contributed by atoms with E-state index in [2.05, 4.69) is 17.3 Å². The summed E-state index contributed by atoms with van der Waals surface area (Å²) in [5.74, 6) is 0.123. The molecular weight excluding hydrogens is 240 g/mol. The molecule has 2 rings (SSSR count). The Kier molecular flexibility index (Phi) is 4.58. The second kappa shape index (κ2) is 6.19. The normalized spacial score (nSPS) is 16.9. The van der Waals surface area contributed by atoms with Crippen molar-refractivity contribution in [2.24, 2.45) is 0 Å². The van der Waals surface area contributed by atoms with Crippen molar-refractivity contribution in [1.29, 1.82) is 0 Å². The summed E-state index contributed by atoms with van der Waals surface area (Å²) in [4.78, 5) is 14.5. The molecule has 0 atom stereocenters. The van der Waals surface area contributed by atoms with Gasteiger partial charge in [0.2, 0.25) is 0 Å². The quantitative estimate of drug-likeness (QED) is 0.895. The summed E-state index contributed by atoms with van der Waals surface area (Å²) < 4.78 is 1.80. The molecule has 5 heteroatoms. The van der Waals surface area contributed by atoms with E-state index < -0.39 is 0 Å². The van der Waals surface area contributed by atoms with Gasteiger partial charge in [0.1, 0.15) is 5.69 Å². The van der Waals surface area contributed by atoms with Crippen LogP contribution in [0.4, 0.5) is 0 Å². The molecule has 1 aromatic rings. The Morgan fingerprint density at radius 2 is 2.11 bits per heavy atom. The fraction of sp³-hybridized carbons (Fsp3) is 0.714. The average molecular weight is 264 g/mol. The monoisotopic (exact) mass is 264 g/mol. The Morgan fingerprint density at radius 3 is 2.68 bits per heavy atom. The molecule has 0 saturated carbocycles. The minimum atomic E-state index is 0.123. The predicted octanol–water partition coefficient (Wildman–Crippen LogP) is 1.43. The molecule has 0 radical (unpaired) electrons. The van der Waals surface area contributed by atoms with Crippen LogP contribution in [-0.4, -0.2) is 46.3 Å². The number of piperidine rings is 1. The number of nitrogens with one attached hydrogen (secondary N) is 1. The standard InChI is InChI=1S/C14H24N4O/c1-4-15-12-6-8-17(9-7-12)14(19)13-10-11(3)16-18(13)5-2/h10,12,15H,4-9H2,1-3H3. The molecule has 0 aromatic carbocycles. The lowest BCUT2D eigenvalue weighted by Crippen LogP contribution is -2.45. The average Bonchev–Trinajstić information content (AvgIpc) is 2.80. The van der Waals surface area contributed by atoms with Crippen molar-refractivity contribution in [1.82, 2.24) is 20.0 Å². The molecule has 106 valence electrons. The first-order valence-electron chi connectivity index (χ1n) is 7.22. The number of carbonyl (C=O) groups is 1. The number of nitrogens with zero attached hydrogens (tertiary/aromatic N) is 3. The van der Waals surface area contributed by atoms with Crippen LogP contribution in [0, 0.1) is 6.92 Å². The Hall–Kier alpha value is -1.36. The Labute approximate surface area is 115 Å². The summed E-state index contributed by atoms with van der Waals surface area (Å²) in [5, 5.41) is 7.80. The van der Waals surface area contributed by atoms with Crippen LogP contribution in [0.5, 0.6) is 0 Å². The summed E-state index contributed by atoms with van der Waals surface area (Å²) >= 11 is 0. The number of aromatic nitrogens is 2. The van der Waals surface area contributed by atoms with Gasteiger partial charge in [-0.1, -0.05) is 6.92 Å². The molecule has 19 heavy (non-hydrogen) atoms. The summed E-state index contributed by atoms with van der Waals surface area (Å²) in [5.41, 5.74) is 1.63. The largest absolute Gasteiger partial charge is 0.337 e. The molecule has 0 bridgehead atoms. The van der Waals surface area contributed by atoms with Crippen LogP contribution in [0.3, 0.4) is 0 Å². The van der Waals surface area contributed by atoms with Crippen LogP contribution in [0.1, 0.15) is 42.9 Å². The maximum atomic E-state index is 12.5. The number of amides is 1. The van der Waals surface area contributed by atoms with E-state index in [0.717, 1.165) is 50.4 Å². The lowest BCUT2D eigenvalue weighted by Gasteiger charge is -2.32. The fourth-order valence-electron chi connectivity index (χ4n) is 2.70. The number of carbonyl (C=O) groups excluding carboxylic acids is 1. The Morgan fingerprint density at radius 1 is 1.42 bits per heavy atom. The van der Waals surface area contributed by atoms with Crippen LogP contribution in [-0.2, 0) is 6.54 Å². The van der Waals surface area contributed by atoms with E-state index in [1.807, 2.05) is 24.8 Å². The van der Waals surface area contributed by atoms with Crippen LogP contribution in [0.2, 0.25) is 0 Å². The number of hydrogen-bond donors (Lipinski definition) is 1. The van der Waals surface area contributed by atoms with E-state index in [0.29, 0.717) is 6.04 Å². The molecule has 0 unspecified atom stereocenters. The maximum Gasteiger partial charge on any atom is 0.272 e. The van der Waals surface area contributed by atoms with E-state index >= 15 is 0 Å². The highest BCUT2D eigenvalue weighted by Gasteiger charge is 2.25. The van der Waals surface area contributed by atoms with Crippen LogP contribution >= 0.6 is 0 Å². The molecule has 1 N–H and O–H groups in total. The first-order chi connectivity index (χ1) is 9.15. The smallest absolute Gasteiger partial charge is 0.272 e. The summed E-state index contributed by atoms with van der Waals surface area (Å²) in [6.45, 7) is 9.49. The van der Waals surface area contributed by atoms with Gasteiger partial charge in [-0.3, -0.25) is 9.48 Å². The summed E-state index contributed by atoms with van der Waals surface area (Å²) in [6, 6.07) is 2.45. The molecule has 0 spiro atoms. The van der Waals surface area contributed by atoms with E-state index in [1.54, 1.807) is 4.68 Å². The number of hydrogen-bond acceptors (Lipinski definition) is 3. The summed E-state index contributed by atoms with van der Waals surface area (Å²) in [7, 11) is 0. The minimum Gasteiger partial charge on any atom is -0.337 e. The van der Waals surface area contributed by atoms with E-state index in [9.17, 15) is 4.79 Å². The van der Waals surface area contributed by atoms with E-state index in [1.165, 1.54) is 0 Å². The van der Waals surface area contributed by atoms with Crippen molar-refractivity contribution in [2.45, 2.75) is 46.2 Å². The minimum absolute atomic E-state index is 0.123. The molecule has 0 aliphatic carbocycles. The molecule has 1 saturated heterocycles. The van der Waals surface area contributed by atoms with E-state index in [-0.39, 0.29) is 5.91 Å². The third-order valence-corrected chi connectivity index (χ3v) is 3.70. The second-order valence-corrected chi connectivity index (χ2v) is 5.11.